The zero-order chi connectivity index (χ0) is 9.86. The Morgan fingerprint density at radius 2 is 1.71 bits per heavy atom. The first kappa shape index (κ1) is 10.2. The Bertz CT molecular complexity index is 188. The van der Waals surface area contributed by atoms with E-state index in [0.29, 0.717) is 5.54 Å². The van der Waals surface area contributed by atoms with Crippen molar-refractivity contribution >= 4 is 0 Å². The molecule has 0 aromatic heterocycles. The number of nitrogens with zero attached hydrogens (tertiary/aromatic N) is 1. The second-order valence-corrected chi connectivity index (χ2v) is 4.61. The van der Waals surface area contributed by atoms with Gasteiger partial charge in [0.1, 0.15) is 0 Å². The van der Waals surface area contributed by atoms with Gasteiger partial charge in [-0.25, -0.2) is 0 Å². The lowest BCUT2D eigenvalue weighted by Crippen LogP contribution is -2.54. The summed E-state index contributed by atoms with van der Waals surface area (Å²) in [6, 6.07) is 0. The number of rotatable bonds is 2. The summed E-state index contributed by atoms with van der Waals surface area (Å²) in [6.45, 7) is 8.94. The van der Waals surface area contributed by atoms with E-state index in [-0.39, 0.29) is 0 Å². The van der Waals surface area contributed by atoms with Crippen LogP contribution in [0.5, 0.6) is 0 Å². The summed E-state index contributed by atoms with van der Waals surface area (Å²) < 4.78 is 0. The summed E-state index contributed by atoms with van der Waals surface area (Å²) in [4.78, 5) is 2.67. The molecule has 2 saturated heterocycles. The Labute approximate surface area is 87.4 Å². The largest absolute Gasteiger partial charge is 0.317 e. The molecule has 0 amide bonds. The minimum atomic E-state index is 0.325. The SMILES string of the molecule is C=CC1(N2CCCCC2)CCNCC1. The van der Waals surface area contributed by atoms with Gasteiger partial charge in [0.05, 0.1) is 0 Å². The Morgan fingerprint density at radius 1 is 1.07 bits per heavy atom. The summed E-state index contributed by atoms with van der Waals surface area (Å²) in [5, 5.41) is 3.44. The van der Waals surface area contributed by atoms with E-state index in [1.165, 1.54) is 45.2 Å². The average molecular weight is 194 g/mol. The molecule has 14 heavy (non-hydrogen) atoms. The first-order valence-electron chi connectivity index (χ1n) is 5.97. The number of nitrogens with one attached hydrogen (secondary N) is 1. The van der Waals surface area contributed by atoms with Crippen LogP contribution in [0, 0.1) is 0 Å². The predicted octanol–water partition coefficient (Wildman–Crippen LogP) is 1.78. The van der Waals surface area contributed by atoms with Crippen LogP contribution < -0.4 is 5.32 Å². The van der Waals surface area contributed by atoms with Crippen LogP contribution in [0.15, 0.2) is 12.7 Å². The van der Waals surface area contributed by atoms with E-state index < -0.39 is 0 Å². The van der Waals surface area contributed by atoms with Crippen molar-refractivity contribution in [2.24, 2.45) is 0 Å². The van der Waals surface area contributed by atoms with Crippen LogP contribution in [0.25, 0.3) is 0 Å². The molecule has 2 nitrogen and oxygen atoms in total. The molecule has 2 rings (SSSR count). The summed E-state index contributed by atoms with van der Waals surface area (Å²) in [7, 11) is 0. The Kier molecular flexibility index (Phi) is 3.24. The van der Waals surface area contributed by atoms with Gasteiger partial charge < -0.3 is 5.32 Å². The predicted molar refractivity (Wildman–Crippen MR) is 60.5 cm³/mol. The van der Waals surface area contributed by atoms with E-state index in [1.54, 1.807) is 0 Å². The van der Waals surface area contributed by atoms with Crippen LogP contribution >= 0.6 is 0 Å². The third kappa shape index (κ3) is 1.86. The van der Waals surface area contributed by atoms with E-state index in [1.807, 2.05) is 0 Å². The van der Waals surface area contributed by atoms with Crippen molar-refractivity contribution in [3.8, 4) is 0 Å². The van der Waals surface area contributed by atoms with Gasteiger partial charge in [0.2, 0.25) is 0 Å². The van der Waals surface area contributed by atoms with Gasteiger partial charge in [0.15, 0.2) is 0 Å². The zero-order valence-corrected chi connectivity index (χ0v) is 9.10. The molecule has 0 aromatic rings. The smallest absolute Gasteiger partial charge is 0.0412 e. The van der Waals surface area contributed by atoms with Crippen molar-refractivity contribution < 1.29 is 0 Å². The summed E-state index contributed by atoms with van der Waals surface area (Å²) >= 11 is 0. The molecule has 80 valence electrons. The minimum Gasteiger partial charge on any atom is -0.317 e. The molecule has 2 heterocycles. The van der Waals surface area contributed by atoms with E-state index >= 15 is 0 Å². The van der Waals surface area contributed by atoms with Crippen LogP contribution in [0.2, 0.25) is 0 Å². The number of piperidine rings is 2. The molecule has 2 aliphatic rings. The maximum absolute atomic E-state index is 4.06. The Balaban J connectivity index is 2.04. The average Bonchev–Trinajstić information content (AvgIpc) is 2.31. The van der Waals surface area contributed by atoms with Gasteiger partial charge in [0, 0.05) is 5.54 Å². The van der Waals surface area contributed by atoms with Crippen molar-refractivity contribution in [2.45, 2.75) is 37.6 Å². The molecule has 0 aliphatic carbocycles. The molecule has 0 bridgehead atoms. The van der Waals surface area contributed by atoms with Crippen molar-refractivity contribution in [1.29, 1.82) is 0 Å². The van der Waals surface area contributed by atoms with Crippen LogP contribution in [0.1, 0.15) is 32.1 Å². The molecule has 2 fully saturated rings. The van der Waals surface area contributed by atoms with Crippen LogP contribution in [-0.4, -0.2) is 36.6 Å². The van der Waals surface area contributed by atoms with Crippen molar-refractivity contribution in [2.75, 3.05) is 26.2 Å². The highest BCUT2D eigenvalue weighted by Gasteiger charge is 2.35. The monoisotopic (exact) mass is 194 g/mol. The number of hydrogen-bond acceptors (Lipinski definition) is 2. The Hall–Kier alpha value is -0.340. The van der Waals surface area contributed by atoms with E-state index in [0.717, 1.165) is 13.1 Å². The van der Waals surface area contributed by atoms with Gasteiger partial charge >= 0.3 is 0 Å². The zero-order valence-electron chi connectivity index (χ0n) is 9.10. The third-order valence-electron chi connectivity index (χ3n) is 3.84. The topological polar surface area (TPSA) is 15.3 Å². The number of hydrogen-bond donors (Lipinski definition) is 1. The molecular weight excluding hydrogens is 172 g/mol. The normalized spacial score (nSPS) is 28.6. The quantitative estimate of drug-likeness (QED) is 0.674. The van der Waals surface area contributed by atoms with Crippen LogP contribution in [-0.2, 0) is 0 Å². The first-order chi connectivity index (χ1) is 6.87. The highest BCUT2D eigenvalue weighted by molar-refractivity contribution is 5.07. The molecule has 0 atom stereocenters. The van der Waals surface area contributed by atoms with Crippen molar-refractivity contribution in [1.82, 2.24) is 10.2 Å². The molecule has 0 radical (unpaired) electrons. The third-order valence-corrected chi connectivity index (χ3v) is 3.84. The van der Waals surface area contributed by atoms with Crippen LogP contribution in [0.4, 0.5) is 0 Å². The molecule has 1 N–H and O–H groups in total. The fourth-order valence-electron chi connectivity index (χ4n) is 2.85. The fraction of sp³-hybridized carbons (Fsp3) is 0.833. The highest BCUT2D eigenvalue weighted by atomic mass is 15.2. The summed E-state index contributed by atoms with van der Waals surface area (Å²) in [6.07, 6.45) is 8.88. The lowest BCUT2D eigenvalue weighted by molar-refractivity contribution is 0.0775. The van der Waals surface area contributed by atoms with Crippen LogP contribution in [0.3, 0.4) is 0 Å². The van der Waals surface area contributed by atoms with Gasteiger partial charge in [0.25, 0.3) is 0 Å². The van der Waals surface area contributed by atoms with E-state index in [4.69, 9.17) is 0 Å². The second kappa shape index (κ2) is 4.45. The second-order valence-electron chi connectivity index (χ2n) is 4.61. The lowest BCUT2D eigenvalue weighted by Gasteiger charge is -2.46. The maximum atomic E-state index is 4.06. The van der Waals surface area contributed by atoms with Gasteiger partial charge in [-0.3, -0.25) is 4.90 Å². The summed E-state index contributed by atoms with van der Waals surface area (Å²) in [5.41, 5.74) is 0.325. The van der Waals surface area contributed by atoms with E-state index in [9.17, 15) is 0 Å². The van der Waals surface area contributed by atoms with Gasteiger partial charge in [-0.2, -0.15) is 0 Å². The van der Waals surface area contributed by atoms with Crippen molar-refractivity contribution in [3.63, 3.8) is 0 Å². The summed E-state index contributed by atoms with van der Waals surface area (Å²) in [5.74, 6) is 0. The maximum Gasteiger partial charge on any atom is 0.0412 e. The molecule has 0 spiro atoms. The molecule has 2 heteroatoms. The van der Waals surface area contributed by atoms with Gasteiger partial charge in [-0.05, 0) is 51.9 Å². The van der Waals surface area contributed by atoms with Gasteiger partial charge in [-0.1, -0.05) is 12.5 Å². The van der Waals surface area contributed by atoms with E-state index in [2.05, 4.69) is 22.9 Å². The molecule has 0 aromatic carbocycles. The van der Waals surface area contributed by atoms with Gasteiger partial charge in [-0.15, -0.1) is 6.58 Å². The Morgan fingerprint density at radius 3 is 2.29 bits per heavy atom. The molecule has 0 saturated carbocycles. The number of likely N-dealkylation sites (tertiary alicyclic amines) is 1. The lowest BCUT2D eigenvalue weighted by atomic mass is 9.85. The highest BCUT2D eigenvalue weighted by Crippen LogP contribution is 2.30. The standard InChI is InChI=1S/C12H22N2/c1-2-12(6-8-13-9-7-12)14-10-4-3-5-11-14/h2,13H,1,3-11H2. The molecule has 2 aliphatic heterocycles. The molecular formula is C12H22N2. The first-order valence-corrected chi connectivity index (χ1v) is 5.97. The minimum absolute atomic E-state index is 0.325. The molecule has 0 unspecified atom stereocenters. The fourth-order valence-corrected chi connectivity index (χ4v) is 2.85. The van der Waals surface area contributed by atoms with Crippen molar-refractivity contribution in [3.05, 3.63) is 12.7 Å².